The zero-order valence-electron chi connectivity index (χ0n) is 11.9. The first-order valence-corrected chi connectivity index (χ1v) is 6.40. The first kappa shape index (κ1) is 13.2. The summed E-state index contributed by atoms with van der Waals surface area (Å²) in [6.07, 6.45) is 0. The quantitative estimate of drug-likeness (QED) is 0.862. The van der Waals surface area contributed by atoms with Crippen LogP contribution in [0.25, 0.3) is 0 Å². The highest BCUT2D eigenvalue weighted by Gasteiger charge is 2.64. The molecule has 0 amide bonds. The molecule has 0 heterocycles. The summed E-state index contributed by atoms with van der Waals surface area (Å²) in [5.41, 5.74) is 1.75. The third-order valence-corrected chi connectivity index (χ3v) is 4.77. The molecule has 0 aromatic heterocycles. The third kappa shape index (κ3) is 1.97. The van der Waals surface area contributed by atoms with Gasteiger partial charge in [0.1, 0.15) is 0 Å². The molecule has 3 nitrogen and oxygen atoms in total. The zero-order valence-corrected chi connectivity index (χ0v) is 11.9. The number of hydrogen-bond acceptors (Lipinski definition) is 3. The van der Waals surface area contributed by atoms with E-state index in [2.05, 4.69) is 33.0 Å². The maximum atomic E-state index is 9.72. The Morgan fingerprint density at radius 3 is 2.28 bits per heavy atom. The Labute approximate surface area is 109 Å². The monoisotopic (exact) mass is 249 g/mol. The normalized spacial score (nSPS) is 20.7. The molecule has 0 aliphatic heterocycles. The second kappa shape index (κ2) is 4.16. The predicted octanol–water partition coefficient (Wildman–Crippen LogP) is 2.93. The minimum Gasteiger partial charge on any atom is -0.504 e. The predicted molar refractivity (Wildman–Crippen MR) is 72.8 cm³/mol. The number of phenols is 1. The van der Waals surface area contributed by atoms with Gasteiger partial charge in [-0.05, 0) is 28.5 Å². The van der Waals surface area contributed by atoms with Crippen LogP contribution in [0.3, 0.4) is 0 Å². The van der Waals surface area contributed by atoms with E-state index >= 15 is 0 Å². The van der Waals surface area contributed by atoms with Crippen LogP contribution in [0.4, 0.5) is 0 Å². The highest BCUT2D eigenvalue weighted by Crippen LogP contribution is 2.62. The molecule has 1 saturated carbocycles. The lowest BCUT2D eigenvalue weighted by molar-refractivity contribution is 0.373. The van der Waals surface area contributed by atoms with E-state index < -0.39 is 0 Å². The number of aromatic hydroxyl groups is 1. The van der Waals surface area contributed by atoms with Crippen LogP contribution in [0.5, 0.6) is 11.5 Å². The molecule has 1 aromatic carbocycles. The topological polar surface area (TPSA) is 41.5 Å². The van der Waals surface area contributed by atoms with Gasteiger partial charge in [-0.3, -0.25) is 0 Å². The van der Waals surface area contributed by atoms with Crippen molar-refractivity contribution in [1.82, 2.24) is 5.32 Å². The van der Waals surface area contributed by atoms with Gasteiger partial charge in [0.05, 0.1) is 7.11 Å². The minimum absolute atomic E-state index is 0.200. The number of phenolic OH excluding ortho intramolecular Hbond substituents is 1. The third-order valence-electron chi connectivity index (χ3n) is 4.77. The van der Waals surface area contributed by atoms with Crippen LogP contribution in [0.2, 0.25) is 0 Å². The van der Waals surface area contributed by atoms with Gasteiger partial charge in [0.2, 0.25) is 0 Å². The Morgan fingerprint density at radius 2 is 1.83 bits per heavy atom. The maximum Gasteiger partial charge on any atom is 0.160 e. The van der Waals surface area contributed by atoms with E-state index in [1.54, 1.807) is 19.2 Å². The maximum absolute atomic E-state index is 9.72. The molecule has 18 heavy (non-hydrogen) atoms. The SMILES string of the molecule is COc1ccc(CNC2C(C)(C)C2(C)C)cc1O. The Hall–Kier alpha value is -1.22. The molecule has 0 atom stereocenters. The van der Waals surface area contributed by atoms with Crippen LogP contribution in [0.15, 0.2) is 18.2 Å². The van der Waals surface area contributed by atoms with Crippen molar-refractivity contribution in [2.75, 3.05) is 7.11 Å². The highest BCUT2D eigenvalue weighted by atomic mass is 16.5. The number of hydrogen-bond donors (Lipinski definition) is 2. The average Bonchev–Trinajstić information content (AvgIpc) is 2.67. The Bertz CT molecular complexity index is 438. The largest absolute Gasteiger partial charge is 0.504 e. The smallest absolute Gasteiger partial charge is 0.160 e. The van der Waals surface area contributed by atoms with Gasteiger partial charge in [-0.1, -0.05) is 33.8 Å². The van der Waals surface area contributed by atoms with Crippen molar-refractivity contribution in [2.45, 2.75) is 40.3 Å². The van der Waals surface area contributed by atoms with Crippen LogP contribution in [0.1, 0.15) is 33.3 Å². The molecule has 2 rings (SSSR count). The number of benzene rings is 1. The number of ether oxygens (including phenoxy) is 1. The van der Waals surface area contributed by atoms with Gasteiger partial charge in [-0.2, -0.15) is 0 Å². The molecule has 1 aliphatic carbocycles. The van der Waals surface area contributed by atoms with Gasteiger partial charge in [0, 0.05) is 12.6 Å². The van der Waals surface area contributed by atoms with Crippen molar-refractivity contribution < 1.29 is 9.84 Å². The van der Waals surface area contributed by atoms with Gasteiger partial charge in [-0.25, -0.2) is 0 Å². The fourth-order valence-corrected chi connectivity index (χ4v) is 2.77. The second-order valence-electron chi connectivity index (χ2n) is 6.26. The fraction of sp³-hybridized carbons (Fsp3) is 0.600. The van der Waals surface area contributed by atoms with Crippen LogP contribution in [0, 0.1) is 10.8 Å². The number of rotatable bonds is 4. The van der Waals surface area contributed by atoms with Crippen LogP contribution >= 0.6 is 0 Å². The van der Waals surface area contributed by atoms with Crippen LogP contribution in [-0.4, -0.2) is 18.3 Å². The molecule has 0 radical (unpaired) electrons. The van der Waals surface area contributed by atoms with E-state index in [0.717, 1.165) is 12.1 Å². The lowest BCUT2D eigenvalue weighted by Crippen LogP contribution is -2.21. The molecule has 1 fully saturated rings. The van der Waals surface area contributed by atoms with Crippen molar-refractivity contribution in [1.29, 1.82) is 0 Å². The first-order chi connectivity index (χ1) is 8.30. The molecule has 2 N–H and O–H groups in total. The summed E-state index contributed by atoms with van der Waals surface area (Å²) in [5, 5.41) is 13.3. The van der Waals surface area contributed by atoms with Crippen molar-refractivity contribution in [3.8, 4) is 11.5 Å². The molecule has 0 bridgehead atoms. The summed E-state index contributed by atoms with van der Waals surface area (Å²) in [5.74, 6) is 0.719. The van der Waals surface area contributed by atoms with Gasteiger partial charge in [0.25, 0.3) is 0 Å². The Kier molecular flexibility index (Phi) is 3.06. The Balaban J connectivity index is 1.98. The van der Waals surface area contributed by atoms with E-state index in [1.165, 1.54) is 0 Å². The zero-order chi connectivity index (χ0) is 13.6. The summed E-state index contributed by atoms with van der Waals surface area (Å²) in [7, 11) is 1.56. The van der Waals surface area contributed by atoms with Gasteiger partial charge >= 0.3 is 0 Å². The lowest BCUT2D eigenvalue weighted by atomic mass is 10.0. The molecule has 3 heteroatoms. The van der Waals surface area contributed by atoms with Crippen LogP contribution in [-0.2, 0) is 6.54 Å². The molecular formula is C15H23NO2. The molecule has 0 unspecified atom stereocenters. The van der Waals surface area contributed by atoms with E-state index in [9.17, 15) is 5.11 Å². The summed E-state index contributed by atoms with van der Waals surface area (Å²) >= 11 is 0. The van der Waals surface area contributed by atoms with E-state index in [1.807, 2.05) is 6.07 Å². The average molecular weight is 249 g/mol. The summed E-state index contributed by atoms with van der Waals surface area (Å²) in [6.45, 7) is 9.92. The van der Waals surface area contributed by atoms with Gasteiger partial charge < -0.3 is 15.2 Å². The van der Waals surface area contributed by atoms with E-state index in [0.29, 0.717) is 22.6 Å². The van der Waals surface area contributed by atoms with E-state index in [-0.39, 0.29) is 5.75 Å². The van der Waals surface area contributed by atoms with Crippen molar-refractivity contribution in [2.24, 2.45) is 10.8 Å². The van der Waals surface area contributed by atoms with Crippen molar-refractivity contribution >= 4 is 0 Å². The molecular weight excluding hydrogens is 226 g/mol. The van der Waals surface area contributed by atoms with Gasteiger partial charge in [-0.15, -0.1) is 0 Å². The molecule has 0 saturated heterocycles. The molecule has 0 spiro atoms. The van der Waals surface area contributed by atoms with Crippen LogP contribution < -0.4 is 10.1 Å². The lowest BCUT2D eigenvalue weighted by Gasteiger charge is -2.09. The summed E-state index contributed by atoms with van der Waals surface area (Å²) in [6, 6.07) is 6.06. The molecule has 1 aliphatic rings. The van der Waals surface area contributed by atoms with Crippen molar-refractivity contribution in [3.63, 3.8) is 0 Å². The highest BCUT2D eigenvalue weighted by molar-refractivity contribution is 5.41. The molecule has 1 aromatic rings. The number of nitrogens with one attached hydrogen (secondary N) is 1. The first-order valence-electron chi connectivity index (χ1n) is 6.40. The minimum atomic E-state index is 0.200. The fourth-order valence-electron chi connectivity index (χ4n) is 2.77. The summed E-state index contributed by atoms with van der Waals surface area (Å²) in [4.78, 5) is 0. The molecule has 100 valence electrons. The van der Waals surface area contributed by atoms with E-state index in [4.69, 9.17) is 4.74 Å². The van der Waals surface area contributed by atoms with Gasteiger partial charge in [0.15, 0.2) is 11.5 Å². The Morgan fingerprint density at radius 1 is 1.22 bits per heavy atom. The van der Waals surface area contributed by atoms with Crippen molar-refractivity contribution in [3.05, 3.63) is 23.8 Å². The standard InChI is InChI=1S/C15H23NO2/c1-14(2)13(15(14,3)4)16-9-10-6-7-12(18-5)11(17)8-10/h6-8,13,16-17H,9H2,1-5H3. The second-order valence-corrected chi connectivity index (χ2v) is 6.26. The summed E-state index contributed by atoms with van der Waals surface area (Å²) < 4.78 is 5.03. The number of methoxy groups -OCH3 is 1.